The molecule has 23 heavy (non-hydrogen) atoms. The van der Waals surface area contributed by atoms with Gasteiger partial charge in [-0.05, 0) is 49.0 Å². The van der Waals surface area contributed by atoms with E-state index in [-0.39, 0.29) is 17.6 Å². The Balaban J connectivity index is 1.78. The van der Waals surface area contributed by atoms with Crippen molar-refractivity contribution in [2.45, 2.75) is 17.0 Å². The number of carbonyl (C=O) groups excluding carboxylic acids is 1. The molecule has 0 aliphatic carbocycles. The Bertz CT molecular complexity index is 714. The van der Waals surface area contributed by atoms with E-state index < -0.39 is 0 Å². The van der Waals surface area contributed by atoms with E-state index in [0.717, 1.165) is 23.1 Å². The molecule has 3 rings (SSSR count). The number of carbonyl (C=O) groups is 1. The Morgan fingerprint density at radius 2 is 2.30 bits per heavy atom. The Kier molecular flexibility index (Phi) is 4.68. The molecule has 0 radical (unpaired) electrons. The molecule has 1 saturated heterocycles. The SMILES string of the molecule is CC(C(=O)Nc1cc(F)ccc1Sc1nccn1C)C1CNC1. The molecule has 122 valence electrons. The van der Waals surface area contributed by atoms with Crippen LogP contribution in [0.5, 0.6) is 0 Å². The molecule has 1 aromatic heterocycles. The number of amides is 1. The van der Waals surface area contributed by atoms with Gasteiger partial charge in [-0.15, -0.1) is 0 Å². The molecule has 1 aliphatic heterocycles. The van der Waals surface area contributed by atoms with Gasteiger partial charge >= 0.3 is 0 Å². The molecular formula is C16H19FN4OS. The number of hydrogen-bond acceptors (Lipinski definition) is 4. The third kappa shape index (κ3) is 3.56. The summed E-state index contributed by atoms with van der Waals surface area (Å²) in [6.07, 6.45) is 3.55. The Labute approximate surface area is 138 Å². The highest BCUT2D eigenvalue weighted by atomic mass is 32.2. The third-order valence-electron chi connectivity index (χ3n) is 4.11. The molecule has 0 bridgehead atoms. The van der Waals surface area contributed by atoms with E-state index >= 15 is 0 Å². The number of aromatic nitrogens is 2. The van der Waals surface area contributed by atoms with Crippen LogP contribution in [0.4, 0.5) is 10.1 Å². The number of nitrogens with zero attached hydrogens (tertiary/aromatic N) is 2. The zero-order valence-corrected chi connectivity index (χ0v) is 13.9. The van der Waals surface area contributed by atoms with Crippen molar-refractivity contribution in [2.75, 3.05) is 18.4 Å². The number of hydrogen-bond donors (Lipinski definition) is 2. The molecule has 1 aromatic carbocycles. The second-order valence-corrected chi connectivity index (χ2v) is 6.77. The third-order valence-corrected chi connectivity index (χ3v) is 5.26. The lowest BCUT2D eigenvalue weighted by Gasteiger charge is -2.31. The number of aryl methyl sites for hydroxylation is 1. The lowest BCUT2D eigenvalue weighted by molar-refractivity contribution is -0.121. The van der Waals surface area contributed by atoms with Gasteiger partial charge in [-0.25, -0.2) is 9.37 Å². The number of halogens is 1. The summed E-state index contributed by atoms with van der Waals surface area (Å²) in [5, 5.41) is 6.81. The van der Waals surface area contributed by atoms with Crippen LogP contribution in [0.2, 0.25) is 0 Å². The molecule has 1 unspecified atom stereocenters. The van der Waals surface area contributed by atoms with Crippen molar-refractivity contribution in [1.29, 1.82) is 0 Å². The Morgan fingerprint density at radius 1 is 1.52 bits per heavy atom. The van der Waals surface area contributed by atoms with Gasteiger partial charge in [0, 0.05) is 30.3 Å². The molecule has 1 aliphatic rings. The van der Waals surface area contributed by atoms with E-state index in [9.17, 15) is 9.18 Å². The second kappa shape index (κ2) is 6.72. The number of anilines is 1. The first-order chi connectivity index (χ1) is 11.0. The molecule has 2 N–H and O–H groups in total. The standard InChI is InChI=1S/C16H19FN4OS/c1-10(11-8-18-9-11)15(22)20-13-7-12(17)3-4-14(13)23-16-19-5-6-21(16)2/h3-7,10-11,18H,8-9H2,1-2H3,(H,20,22). The average Bonchev–Trinajstić information content (AvgIpc) is 2.85. The fourth-order valence-corrected chi connectivity index (χ4v) is 3.23. The first-order valence-corrected chi connectivity index (χ1v) is 8.32. The summed E-state index contributed by atoms with van der Waals surface area (Å²) in [4.78, 5) is 17.4. The summed E-state index contributed by atoms with van der Waals surface area (Å²) in [7, 11) is 1.89. The lowest BCUT2D eigenvalue weighted by Crippen LogP contribution is -2.48. The summed E-state index contributed by atoms with van der Waals surface area (Å²) in [5.74, 6) is -0.217. The maximum Gasteiger partial charge on any atom is 0.227 e. The van der Waals surface area contributed by atoms with Crippen molar-refractivity contribution in [1.82, 2.24) is 14.9 Å². The number of benzene rings is 1. The van der Waals surface area contributed by atoms with Gasteiger partial charge in [0.1, 0.15) is 5.82 Å². The van der Waals surface area contributed by atoms with Crippen LogP contribution < -0.4 is 10.6 Å². The minimum Gasteiger partial charge on any atom is -0.329 e. The molecular weight excluding hydrogens is 315 g/mol. The maximum absolute atomic E-state index is 13.6. The van der Waals surface area contributed by atoms with Crippen molar-refractivity contribution in [3.8, 4) is 0 Å². The first-order valence-electron chi connectivity index (χ1n) is 7.51. The minimum atomic E-state index is -0.373. The van der Waals surface area contributed by atoms with Crippen molar-refractivity contribution >= 4 is 23.4 Å². The normalized spacial score (nSPS) is 16.0. The molecule has 5 nitrogen and oxygen atoms in total. The summed E-state index contributed by atoms with van der Waals surface area (Å²) in [6.45, 7) is 3.62. The van der Waals surface area contributed by atoms with Gasteiger partial charge < -0.3 is 15.2 Å². The molecule has 0 spiro atoms. The van der Waals surface area contributed by atoms with Gasteiger partial charge in [-0.2, -0.15) is 0 Å². The maximum atomic E-state index is 13.6. The Hall–Kier alpha value is -1.86. The quantitative estimate of drug-likeness (QED) is 0.882. The highest BCUT2D eigenvalue weighted by Gasteiger charge is 2.29. The zero-order valence-electron chi connectivity index (χ0n) is 13.0. The average molecular weight is 334 g/mol. The van der Waals surface area contributed by atoms with Gasteiger partial charge in [-0.3, -0.25) is 4.79 Å². The first kappa shape index (κ1) is 16.0. The van der Waals surface area contributed by atoms with E-state index in [2.05, 4.69) is 15.6 Å². The summed E-state index contributed by atoms with van der Waals surface area (Å²) < 4.78 is 15.5. The van der Waals surface area contributed by atoms with Crippen molar-refractivity contribution in [3.63, 3.8) is 0 Å². The van der Waals surface area contributed by atoms with Crippen LogP contribution in [-0.4, -0.2) is 28.5 Å². The van der Waals surface area contributed by atoms with Crippen molar-refractivity contribution < 1.29 is 9.18 Å². The summed E-state index contributed by atoms with van der Waals surface area (Å²) in [6, 6.07) is 4.41. The van der Waals surface area contributed by atoms with Gasteiger partial charge in [0.15, 0.2) is 5.16 Å². The van der Waals surface area contributed by atoms with Crippen molar-refractivity contribution in [2.24, 2.45) is 18.9 Å². The molecule has 2 heterocycles. The zero-order chi connectivity index (χ0) is 16.4. The monoisotopic (exact) mass is 334 g/mol. The van der Waals surface area contributed by atoms with Crippen LogP contribution >= 0.6 is 11.8 Å². The van der Waals surface area contributed by atoms with E-state index in [1.165, 1.54) is 23.9 Å². The molecule has 1 amide bonds. The van der Waals surface area contributed by atoms with E-state index in [4.69, 9.17) is 0 Å². The predicted molar refractivity (Wildman–Crippen MR) is 87.9 cm³/mol. The predicted octanol–water partition coefficient (Wildman–Crippen LogP) is 2.50. The smallest absolute Gasteiger partial charge is 0.227 e. The number of rotatable bonds is 5. The fraction of sp³-hybridized carbons (Fsp3) is 0.375. The van der Waals surface area contributed by atoms with Crippen LogP contribution in [0.25, 0.3) is 0 Å². The van der Waals surface area contributed by atoms with Crippen LogP contribution in [0.15, 0.2) is 40.6 Å². The van der Waals surface area contributed by atoms with Crippen LogP contribution in [0.3, 0.4) is 0 Å². The van der Waals surface area contributed by atoms with Gasteiger partial charge in [-0.1, -0.05) is 6.92 Å². The summed E-state index contributed by atoms with van der Waals surface area (Å²) in [5.41, 5.74) is 0.488. The van der Waals surface area contributed by atoms with Crippen molar-refractivity contribution in [3.05, 3.63) is 36.4 Å². The molecule has 1 atom stereocenters. The van der Waals surface area contributed by atoms with Gasteiger partial charge in [0.2, 0.25) is 5.91 Å². The molecule has 0 saturated carbocycles. The van der Waals surface area contributed by atoms with E-state index in [0.29, 0.717) is 11.6 Å². The lowest BCUT2D eigenvalue weighted by atomic mass is 9.88. The highest BCUT2D eigenvalue weighted by molar-refractivity contribution is 7.99. The van der Waals surface area contributed by atoms with E-state index in [1.807, 2.05) is 24.7 Å². The van der Waals surface area contributed by atoms with Crippen LogP contribution in [-0.2, 0) is 11.8 Å². The van der Waals surface area contributed by atoms with Gasteiger partial charge in [0.25, 0.3) is 0 Å². The van der Waals surface area contributed by atoms with Crippen LogP contribution in [0.1, 0.15) is 6.92 Å². The molecule has 1 fully saturated rings. The summed E-state index contributed by atoms with van der Waals surface area (Å²) >= 11 is 1.40. The van der Waals surface area contributed by atoms with E-state index in [1.54, 1.807) is 12.3 Å². The topological polar surface area (TPSA) is 59.0 Å². The molecule has 7 heteroatoms. The Morgan fingerprint density at radius 3 is 2.91 bits per heavy atom. The molecule has 2 aromatic rings. The minimum absolute atomic E-state index is 0.0798. The number of imidazole rings is 1. The van der Waals surface area contributed by atoms with Crippen LogP contribution in [0, 0.1) is 17.7 Å². The largest absolute Gasteiger partial charge is 0.329 e. The fourth-order valence-electron chi connectivity index (χ4n) is 2.36. The second-order valence-electron chi connectivity index (χ2n) is 5.76. The highest BCUT2D eigenvalue weighted by Crippen LogP contribution is 2.33. The number of nitrogens with one attached hydrogen (secondary N) is 2. The van der Waals surface area contributed by atoms with Gasteiger partial charge in [0.05, 0.1) is 5.69 Å².